The number of carbonyl (C=O) groups is 1. The Bertz CT molecular complexity index is 877. The number of aryl methyl sites for hydroxylation is 1. The van der Waals surface area contributed by atoms with Gasteiger partial charge in [-0.3, -0.25) is 15.1 Å². The van der Waals surface area contributed by atoms with E-state index in [1.807, 2.05) is 37.3 Å². The molecule has 2 heterocycles. The Hall–Kier alpha value is -2.83. The van der Waals surface area contributed by atoms with Gasteiger partial charge in [-0.15, -0.1) is 0 Å². The summed E-state index contributed by atoms with van der Waals surface area (Å²) in [5, 5.41) is 3.45. The Kier molecular flexibility index (Phi) is 3.57. The molecule has 4 nitrogen and oxygen atoms in total. The molecule has 0 radical (unpaired) electrons. The molecule has 0 aliphatic carbocycles. The summed E-state index contributed by atoms with van der Waals surface area (Å²) < 4.78 is 39.3. The Labute approximate surface area is 148 Å². The molecule has 26 heavy (non-hydrogen) atoms. The second-order valence-corrected chi connectivity index (χ2v) is 6.64. The number of hydrogen-bond acceptors (Lipinski definition) is 3. The number of para-hydroxylation sites is 1. The number of alkyl halides is 3. The van der Waals surface area contributed by atoms with Crippen LogP contribution in [0.1, 0.15) is 23.6 Å². The summed E-state index contributed by atoms with van der Waals surface area (Å²) in [6.45, 7) is 1.93. The van der Waals surface area contributed by atoms with Crippen molar-refractivity contribution in [2.75, 3.05) is 4.90 Å². The minimum Gasteiger partial charge on any atom is -0.300 e. The number of nitrogens with one attached hydrogen (secondary N) is 1. The van der Waals surface area contributed by atoms with E-state index >= 15 is 0 Å². The predicted molar refractivity (Wildman–Crippen MR) is 91.8 cm³/mol. The van der Waals surface area contributed by atoms with Crippen molar-refractivity contribution >= 4 is 17.3 Å². The van der Waals surface area contributed by atoms with Crippen LogP contribution in [0, 0.1) is 6.92 Å². The molecule has 2 aromatic carbocycles. The maximum Gasteiger partial charge on any atom is 0.431 e. The first-order chi connectivity index (χ1) is 12.3. The molecule has 1 N–H and O–H groups in total. The number of carbonyl (C=O) groups excluding carboxylic acids is 1. The molecule has 134 valence electrons. The van der Waals surface area contributed by atoms with Crippen molar-refractivity contribution in [2.45, 2.75) is 31.1 Å². The highest BCUT2D eigenvalue weighted by atomic mass is 19.4. The first-order valence-corrected chi connectivity index (χ1v) is 8.19. The molecular formula is C19H16F3N3O. The number of anilines is 1. The summed E-state index contributed by atoms with van der Waals surface area (Å²) in [5.74, 6) is -0.405. The molecule has 0 unspecified atom stereocenters. The highest BCUT2D eigenvalue weighted by molar-refractivity contribution is 6.13. The lowest BCUT2D eigenvalue weighted by Crippen LogP contribution is -2.73. The highest BCUT2D eigenvalue weighted by Gasteiger charge is 2.66. The van der Waals surface area contributed by atoms with Crippen molar-refractivity contribution in [1.82, 2.24) is 5.43 Å². The summed E-state index contributed by atoms with van der Waals surface area (Å²) in [6.07, 6.45) is -5.03. The second kappa shape index (κ2) is 5.59. The van der Waals surface area contributed by atoms with Crippen LogP contribution in [0.5, 0.6) is 0 Å². The third-order valence-corrected chi connectivity index (χ3v) is 4.92. The van der Waals surface area contributed by atoms with Gasteiger partial charge < -0.3 is 0 Å². The number of rotatable bonds is 2. The van der Waals surface area contributed by atoms with Gasteiger partial charge in [0.2, 0.25) is 0 Å². The Balaban J connectivity index is 1.75. The fraction of sp³-hybridized carbons (Fsp3) is 0.263. The van der Waals surface area contributed by atoms with Gasteiger partial charge in [0.1, 0.15) is 5.71 Å². The summed E-state index contributed by atoms with van der Waals surface area (Å²) >= 11 is 0. The van der Waals surface area contributed by atoms with E-state index in [9.17, 15) is 18.0 Å². The van der Waals surface area contributed by atoms with E-state index in [0.29, 0.717) is 5.69 Å². The fourth-order valence-electron chi connectivity index (χ4n) is 3.60. The van der Waals surface area contributed by atoms with Gasteiger partial charge >= 0.3 is 6.18 Å². The van der Waals surface area contributed by atoms with E-state index in [0.717, 1.165) is 11.1 Å². The molecule has 4 rings (SSSR count). The van der Waals surface area contributed by atoms with E-state index in [1.165, 1.54) is 4.90 Å². The minimum absolute atomic E-state index is 0.405. The molecule has 2 atom stereocenters. The lowest BCUT2D eigenvalue weighted by atomic mass is 9.72. The van der Waals surface area contributed by atoms with Crippen molar-refractivity contribution in [3.8, 4) is 0 Å². The number of benzene rings is 2. The van der Waals surface area contributed by atoms with Crippen LogP contribution in [-0.2, 0) is 4.79 Å². The summed E-state index contributed by atoms with van der Waals surface area (Å²) in [4.78, 5) is 14.5. The number of nitrogens with zero attached hydrogens (tertiary/aromatic N) is 2. The zero-order valence-corrected chi connectivity index (χ0v) is 13.9. The lowest BCUT2D eigenvalue weighted by Gasteiger charge is -2.54. The SMILES string of the molecule is Cc1ccc([C@H]2N(c3ccccc3)C(=O)[C@@]23CC(C(F)(F)F)=NN3)cc1. The summed E-state index contributed by atoms with van der Waals surface area (Å²) in [6, 6.07) is 15.8. The zero-order valence-electron chi connectivity index (χ0n) is 13.9. The van der Waals surface area contributed by atoms with Gasteiger partial charge in [-0.1, -0.05) is 48.0 Å². The van der Waals surface area contributed by atoms with Gasteiger partial charge in [0.15, 0.2) is 5.54 Å². The quantitative estimate of drug-likeness (QED) is 0.831. The maximum atomic E-state index is 13.1. The highest BCUT2D eigenvalue weighted by Crippen LogP contribution is 2.50. The topological polar surface area (TPSA) is 44.7 Å². The molecule has 0 saturated carbocycles. The van der Waals surface area contributed by atoms with E-state index < -0.39 is 35.8 Å². The number of amides is 1. The molecular weight excluding hydrogens is 343 g/mol. The van der Waals surface area contributed by atoms with E-state index in [1.54, 1.807) is 24.3 Å². The molecule has 1 amide bonds. The van der Waals surface area contributed by atoms with Crippen LogP contribution in [0.3, 0.4) is 0 Å². The van der Waals surface area contributed by atoms with E-state index in [2.05, 4.69) is 10.5 Å². The number of hydrazone groups is 1. The summed E-state index contributed by atoms with van der Waals surface area (Å²) in [7, 11) is 0. The zero-order chi connectivity index (χ0) is 18.5. The maximum absolute atomic E-state index is 13.1. The van der Waals surface area contributed by atoms with Crippen molar-refractivity contribution in [1.29, 1.82) is 0 Å². The van der Waals surface area contributed by atoms with Gasteiger partial charge in [-0.05, 0) is 24.6 Å². The monoisotopic (exact) mass is 359 g/mol. The van der Waals surface area contributed by atoms with Gasteiger partial charge in [0, 0.05) is 12.1 Å². The van der Waals surface area contributed by atoms with Crippen LogP contribution in [0.4, 0.5) is 18.9 Å². The second-order valence-electron chi connectivity index (χ2n) is 6.64. The lowest BCUT2D eigenvalue weighted by molar-refractivity contribution is -0.134. The van der Waals surface area contributed by atoms with Crippen LogP contribution in [-0.4, -0.2) is 23.3 Å². The fourth-order valence-corrected chi connectivity index (χ4v) is 3.60. The van der Waals surface area contributed by atoms with Crippen LogP contribution in [0.25, 0.3) is 0 Å². The minimum atomic E-state index is -4.55. The van der Waals surface area contributed by atoms with Crippen LogP contribution < -0.4 is 10.3 Å². The molecule has 2 aliphatic heterocycles. The third kappa shape index (κ3) is 2.38. The average molecular weight is 359 g/mol. The van der Waals surface area contributed by atoms with E-state index in [-0.39, 0.29) is 0 Å². The smallest absolute Gasteiger partial charge is 0.300 e. The van der Waals surface area contributed by atoms with Crippen molar-refractivity contribution in [3.05, 3.63) is 65.7 Å². The van der Waals surface area contributed by atoms with Crippen molar-refractivity contribution in [2.24, 2.45) is 5.10 Å². The first kappa shape index (κ1) is 16.6. The Morgan fingerprint density at radius 3 is 2.35 bits per heavy atom. The van der Waals surface area contributed by atoms with E-state index in [4.69, 9.17) is 0 Å². The molecule has 7 heteroatoms. The number of β-lactam (4-membered cyclic amide) rings is 1. The normalized spacial score (nSPS) is 25.1. The molecule has 2 aromatic rings. The first-order valence-electron chi connectivity index (χ1n) is 8.19. The van der Waals surface area contributed by atoms with Crippen LogP contribution in [0.15, 0.2) is 59.7 Å². The van der Waals surface area contributed by atoms with Crippen LogP contribution >= 0.6 is 0 Å². The third-order valence-electron chi connectivity index (χ3n) is 4.92. The Morgan fingerprint density at radius 2 is 1.77 bits per heavy atom. The largest absolute Gasteiger partial charge is 0.431 e. The molecule has 0 aromatic heterocycles. The molecule has 1 spiro atoms. The van der Waals surface area contributed by atoms with Gasteiger partial charge in [0.05, 0.1) is 6.04 Å². The molecule has 0 bridgehead atoms. The van der Waals surface area contributed by atoms with Gasteiger partial charge in [-0.25, -0.2) is 0 Å². The van der Waals surface area contributed by atoms with Crippen LogP contribution in [0.2, 0.25) is 0 Å². The number of hydrogen-bond donors (Lipinski definition) is 1. The Morgan fingerprint density at radius 1 is 1.12 bits per heavy atom. The van der Waals surface area contributed by atoms with Crippen molar-refractivity contribution in [3.63, 3.8) is 0 Å². The average Bonchev–Trinajstić information content (AvgIpc) is 3.09. The predicted octanol–water partition coefficient (Wildman–Crippen LogP) is 3.73. The molecule has 1 fully saturated rings. The van der Waals surface area contributed by atoms with Gasteiger partial charge in [0.25, 0.3) is 5.91 Å². The standard InChI is InChI=1S/C19H16F3N3O/c1-12-7-9-13(10-8-12)16-18(11-15(23-24-18)19(20,21)22)17(26)25(16)14-5-3-2-4-6-14/h2-10,16,24H,11H2,1H3/t16-,18-/m1/s1. The summed E-state index contributed by atoms with van der Waals surface area (Å²) in [5.41, 5.74) is 2.63. The van der Waals surface area contributed by atoms with Gasteiger partial charge in [-0.2, -0.15) is 18.3 Å². The number of halogens is 3. The van der Waals surface area contributed by atoms with Crippen molar-refractivity contribution < 1.29 is 18.0 Å². The molecule has 1 saturated heterocycles. The molecule has 2 aliphatic rings.